The second-order valence-electron chi connectivity index (χ2n) is 3.97. The molecule has 1 aromatic rings. The van der Waals surface area contributed by atoms with Crippen LogP contribution in [0.15, 0.2) is 18.3 Å². The largest absolute Gasteiger partial charge is 0.354 e. The lowest BCUT2D eigenvalue weighted by atomic mass is 10.1. The van der Waals surface area contributed by atoms with E-state index in [9.17, 15) is 0 Å². The summed E-state index contributed by atoms with van der Waals surface area (Å²) < 4.78 is 0. The van der Waals surface area contributed by atoms with Crippen LogP contribution in [-0.2, 0) is 0 Å². The molecule has 0 aromatic carbocycles. The second-order valence-corrected chi connectivity index (χ2v) is 3.97. The molecule has 1 aliphatic rings. The lowest BCUT2D eigenvalue weighted by Gasteiger charge is -2.28. The summed E-state index contributed by atoms with van der Waals surface area (Å²) in [4.78, 5) is 6.68. The Labute approximate surface area is 90.5 Å². The van der Waals surface area contributed by atoms with E-state index >= 15 is 0 Å². The predicted octanol–water partition coefficient (Wildman–Crippen LogP) is 0.511. The van der Waals surface area contributed by atoms with Gasteiger partial charge < -0.3 is 16.0 Å². The smallest absolute Gasteiger partial charge is 0.128 e. The van der Waals surface area contributed by atoms with Gasteiger partial charge in [-0.15, -0.1) is 0 Å². The molecule has 4 nitrogen and oxygen atoms in total. The van der Waals surface area contributed by atoms with Crippen molar-refractivity contribution in [3.05, 3.63) is 23.9 Å². The van der Waals surface area contributed by atoms with Crippen LogP contribution in [0.25, 0.3) is 0 Å². The van der Waals surface area contributed by atoms with Crippen LogP contribution in [0.4, 0.5) is 5.82 Å². The predicted molar refractivity (Wildman–Crippen MR) is 61.9 cm³/mol. The highest BCUT2D eigenvalue weighted by molar-refractivity contribution is 5.42. The number of rotatable bonds is 2. The summed E-state index contributed by atoms with van der Waals surface area (Å²) in [5.74, 6) is 1.05. The molecule has 0 bridgehead atoms. The zero-order chi connectivity index (χ0) is 10.7. The quantitative estimate of drug-likeness (QED) is 0.740. The molecule has 0 amide bonds. The van der Waals surface area contributed by atoms with Crippen LogP contribution in [-0.4, -0.2) is 31.2 Å². The van der Waals surface area contributed by atoms with Crippen molar-refractivity contribution in [2.75, 3.05) is 31.1 Å². The van der Waals surface area contributed by atoms with Crippen LogP contribution in [0.3, 0.4) is 0 Å². The summed E-state index contributed by atoms with van der Waals surface area (Å²) in [6.45, 7) is 6.11. The van der Waals surface area contributed by atoms with E-state index in [-0.39, 0.29) is 6.04 Å². The molecule has 1 saturated heterocycles. The van der Waals surface area contributed by atoms with E-state index in [0.717, 1.165) is 37.6 Å². The summed E-state index contributed by atoms with van der Waals surface area (Å²) in [5.41, 5.74) is 7.00. The molecule has 0 aliphatic carbocycles. The Morgan fingerprint density at radius 1 is 1.47 bits per heavy atom. The van der Waals surface area contributed by atoms with E-state index in [1.165, 1.54) is 0 Å². The van der Waals surface area contributed by atoms with Crippen LogP contribution in [0, 0.1) is 0 Å². The van der Waals surface area contributed by atoms with E-state index in [2.05, 4.69) is 21.3 Å². The number of anilines is 1. The van der Waals surface area contributed by atoms with Gasteiger partial charge in [-0.25, -0.2) is 4.98 Å². The van der Waals surface area contributed by atoms with Crippen molar-refractivity contribution in [3.8, 4) is 0 Å². The minimum Gasteiger partial charge on any atom is -0.354 e. The Morgan fingerprint density at radius 2 is 2.20 bits per heavy atom. The van der Waals surface area contributed by atoms with Gasteiger partial charge in [0, 0.05) is 38.4 Å². The molecule has 0 radical (unpaired) electrons. The third-order valence-electron chi connectivity index (χ3n) is 2.74. The van der Waals surface area contributed by atoms with Gasteiger partial charge in [0.2, 0.25) is 0 Å². The molecule has 1 unspecified atom stereocenters. The highest BCUT2D eigenvalue weighted by Gasteiger charge is 2.12. The molecule has 1 aromatic heterocycles. The minimum absolute atomic E-state index is 0.0784. The Morgan fingerprint density at radius 3 is 2.87 bits per heavy atom. The monoisotopic (exact) mass is 206 g/mol. The number of nitrogens with zero attached hydrogens (tertiary/aromatic N) is 2. The first-order valence-corrected chi connectivity index (χ1v) is 5.44. The lowest BCUT2D eigenvalue weighted by molar-refractivity contribution is 0.584. The summed E-state index contributed by atoms with van der Waals surface area (Å²) in [6.07, 6.45) is 1.84. The van der Waals surface area contributed by atoms with Crippen molar-refractivity contribution >= 4 is 5.82 Å². The molecule has 3 N–H and O–H groups in total. The average molecular weight is 206 g/mol. The van der Waals surface area contributed by atoms with Gasteiger partial charge in [-0.3, -0.25) is 0 Å². The van der Waals surface area contributed by atoms with Gasteiger partial charge in [0.1, 0.15) is 5.82 Å². The number of hydrogen-bond donors (Lipinski definition) is 2. The highest BCUT2D eigenvalue weighted by Crippen LogP contribution is 2.16. The zero-order valence-electron chi connectivity index (χ0n) is 9.11. The highest BCUT2D eigenvalue weighted by atomic mass is 15.2. The first kappa shape index (κ1) is 10.4. The topological polar surface area (TPSA) is 54.2 Å². The fourth-order valence-electron chi connectivity index (χ4n) is 1.78. The molecule has 2 rings (SSSR count). The third kappa shape index (κ3) is 2.46. The van der Waals surface area contributed by atoms with Crippen molar-refractivity contribution in [1.29, 1.82) is 0 Å². The Balaban J connectivity index is 2.16. The molecule has 0 saturated carbocycles. The Bertz CT molecular complexity index is 318. The van der Waals surface area contributed by atoms with Crippen molar-refractivity contribution in [2.24, 2.45) is 5.73 Å². The van der Waals surface area contributed by atoms with Crippen LogP contribution in [0.1, 0.15) is 18.5 Å². The Hall–Kier alpha value is -1.13. The van der Waals surface area contributed by atoms with Gasteiger partial charge in [0.15, 0.2) is 0 Å². The molecule has 82 valence electrons. The van der Waals surface area contributed by atoms with Gasteiger partial charge >= 0.3 is 0 Å². The van der Waals surface area contributed by atoms with Crippen molar-refractivity contribution in [2.45, 2.75) is 13.0 Å². The molecule has 0 spiro atoms. The van der Waals surface area contributed by atoms with Crippen LogP contribution in [0.5, 0.6) is 0 Å². The van der Waals surface area contributed by atoms with Gasteiger partial charge in [0.05, 0.1) is 0 Å². The number of nitrogens with two attached hydrogens (primary N) is 1. The van der Waals surface area contributed by atoms with Gasteiger partial charge in [-0.1, -0.05) is 0 Å². The third-order valence-corrected chi connectivity index (χ3v) is 2.74. The molecule has 1 fully saturated rings. The first-order chi connectivity index (χ1) is 7.27. The maximum Gasteiger partial charge on any atom is 0.128 e. The maximum atomic E-state index is 5.85. The van der Waals surface area contributed by atoms with Crippen molar-refractivity contribution < 1.29 is 0 Å². The summed E-state index contributed by atoms with van der Waals surface area (Å²) in [7, 11) is 0. The van der Waals surface area contributed by atoms with Crippen molar-refractivity contribution in [3.63, 3.8) is 0 Å². The molecular weight excluding hydrogens is 188 g/mol. The van der Waals surface area contributed by atoms with Crippen LogP contribution < -0.4 is 16.0 Å². The van der Waals surface area contributed by atoms with E-state index in [1.807, 2.05) is 19.2 Å². The van der Waals surface area contributed by atoms with Gasteiger partial charge in [-0.2, -0.15) is 0 Å². The lowest BCUT2D eigenvalue weighted by Crippen LogP contribution is -2.43. The number of aromatic nitrogens is 1. The fraction of sp³-hybridized carbons (Fsp3) is 0.545. The van der Waals surface area contributed by atoms with E-state index < -0.39 is 0 Å². The van der Waals surface area contributed by atoms with E-state index in [4.69, 9.17) is 5.73 Å². The maximum absolute atomic E-state index is 5.85. The zero-order valence-corrected chi connectivity index (χ0v) is 9.11. The second kappa shape index (κ2) is 4.59. The molecule has 1 aliphatic heterocycles. The van der Waals surface area contributed by atoms with E-state index in [0.29, 0.717) is 0 Å². The molecule has 15 heavy (non-hydrogen) atoms. The van der Waals surface area contributed by atoms with Gasteiger partial charge in [0.25, 0.3) is 0 Å². The standard InChI is InChI=1S/C11H18N4/c1-9(12)10-2-3-14-11(8-10)15-6-4-13-5-7-15/h2-3,8-9,13H,4-7,12H2,1H3. The number of piperazine rings is 1. The van der Waals surface area contributed by atoms with E-state index in [1.54, 1.807) is 0 Å². The summed E-state index contributed by atoms with van der Waals surface area (Å²) in [5, 5.41) is 3.33. The molecule has 1 atom stereocenters. The van der Waals surface area contributed by atoms with Crippen molar-refractivity contribution in [1.82, 2.24) is 10.3 Å². The Kier molecular flexibility index (Phi) is 3.18. The molecule has 2 heterocycles. The molecular formula is C11H18N4. The normalized spacial score (nSPS) is 18.9. The fourth-order valence-corrected chi connectivity index (χ4v) is 1.78. The average Bonchev–Trinajstić information content (AvgIpc) is 2.30. The minimum atomic E-state index is 0.0784. The van der Waals surface area contributed by atoms with Crippen LogP contribution in [0.2, 0.25) is 0 Å². The van der Waals surface area contributed by atoms with Crippen LogP contribution >= 0.6 is 0 Å². The first-order valence-electron chi connectivity index (χ1n) is 5.44. The summed E-state index contributed by atoms with van der Waals surface area (Å²) in [6, 6.07) is 4.15. The SMILES string of the molecule is CC(N)c1ccnc(N2CCNCC2)c1. The molecule has 4 heteroatoms. The number of nitrogens with one attached hydrogen (secondary N) is 1. The van der Waals surface area contributed by atoms with Gasteiger partial charge in [-0.05, 0) is 24.6 Å². The summed E-state index contributed by atoms with van der Waals surface area (Å²) >= 11 is 0. The number of hydrogen-bond acceptors (Lipinski definition) is 4. The number of pyridine rings is 1.